The van der Waals surface area contributed by atoms with Crippen LogP contribution >= 0.6 is 0 Å². The molecule has 0 radical (unpaired) electrons. The number of hydrogen-bond acceptors (Lipinski definition) is 4. The van der Waals surface area contributed by atoms with Crippen molar-refractivity contribution in [1.29, 1.82) is 0 Å². The zero-order valence-corrected chi connectivity index (χ0v) is 18.7. The quantitative estimate of drug-likeness (QED) is 0.219. The van der Waals surface area contributed by atoms with Gasteiger partial charge in [-0.15, -0.1) is 0 Å². The van der Waals surface area contributed by atoms with Crippen molar-refractivity contribution in [3.8, 4) is 11.5 Å². The van der Waals surface area contributed by atoms with Crippen molar-refractivity contribution in [2.45, 2.75) is 27.3 Å². The molecule has 0 unspecified atom stereocenters. The molecule has 3 aromatic carbocycles. The van der Waals surface area contributed by atoms with Crippen LogP contribution in [0.3, 0.4) is 0 Å². The lowest BCUT2D eigenvalue weighted by Gasteiger charge is -2.10. The molecule has 33 heavy (non-hydrogen) atoms. The van der Waals surface area contributed by atoms with E-state index in [1.807, 2.05) is 43.5 Å². The van der Waals surface area contributed by atoms with Crippen LogP contribution in [-0.4, -0.2) is 16.3 Å². The van der Waals surface area contributed by atoms with Crippen LogP contribution in [0.5, 0.6) is 11.5 Å². The normalized spacial score (nSPS) is 13.9. The number of aromatic nitrogens is 1. The Bertz CT molecular complexity index is 1440. The molecule has 0 saturated carbocycles. The van der Waals surface area contributed by atoms with Crippen molar-refractivity contribution in [1.82, 2.24) is 4.57 Å². The highest BCUT2D eigenvalue weighted by molar-refractivity contribution is 6.15. The molecule has 4 aromatic rings. The Balaban J connectivity index is 1.46. The third-order valence-corrected chi connectivity index (χ3v) is 5.97. The second kappa shape index (κ2) is 8.10. The first-order valence-electron chi connectivity index (χ1n) is 10.9. The molecule has 1 aromatic heterocycles. The summed E-state index contributed by atoms with van der Waals surface area (Å²) in [5.41, 5.74) is 4.64. The van der Waals surface area contributed by atoms with Crippen LogP contribution < -0.4 is 9.47 Å². The van der Waals surface area contributed by atoms with Crippen molar-refractivity contribution >= 4 is 28.7 Å². The van der Waals surface area contributed by atoms with Gasteiger partial charge in [-0.2, -0.15) is 0 Å². The minimum Gasteiger partial charge on any atom is -0.452 e. The summed E-state index contributed by atoms with van der Waals surface area (Å²) < 4.78 is 13.7. The maximum Gasteiger partial charge on any atom is 0.343 e. The summed E-state index contributed by atoms with van der Waals surface area (Å²) in [5, 5.41) is 1.06. The van der Waals surface area contributed by atoms with Crippen LogP contribution in [0.4, 0.5) is 0 Å². The highest BCUT2D eigenvalue weighted by Gasteiger charge is 2.31. The third-order valence-electron chi connectivity index (χ3n) is 5.97. The predicted molar refractivity (Wildman–Crippen MR) is 128 cm³/mol. The van der Waals surface area contributed by atoms with Gasteiger partial charge in [-0.1, -0.05) is 35.9 Å². The van der Waals surface area contributed by atoms with Gasteiger partial charge >= 0.3 is 5.97 Å². The number of aryl methyl sites for hydroxylation is 2. The molecule has 5 rings (SSSR count). The number of ketones is 1. The fourth-order valence-corrected chi connectivity index (χ4v) is 4.12. The van der Waals surface area contributed by atoms with Gasteiger partial charge in [-0.25, -0.2) is 4.79 Å². The standard InChI is InChI=1S/C28H23NO4/c1-4-29-16-20(21-7-5-6-8-23(21)29)15-25-26(30)22-13-14-24(18(3)27(22)32-25)33-28(31)19-11-9-17(2)10-12-19/h5-16H,4H2,1-3H3. The predicted octanol–water partition coefficient (Wildman–Crippen LogP) is 6.11. The lowest BCUT2D eigenvalue weighted by molar-refractivity contribution is 0.0733. The molecule has 2 heterocycles. The Kier molecular flexibility index (Phi) is 5.09. The SMILES string of the molecule is CCn1cc(C=C2Oc3c(ccc(OC(=O)c4ccc(C)cc4)c3C)C2=O)c2ccccc21. The molecular weight excluding hydrogens is 414 g/mol. The van der Waals surface area contributed by atoms with Gasteiger partial charge in [-0.3, -0.25) is 4.79 Å². The topological polar surface area (TPSA) is 57.5 Å². The highest BCUT2D eigenvalue weighted by atomic mass is 16.5. The third kappa shape index (κ3) is 3.61. The zero-order valence-electron chi connectivity index (χ0n) is 18.7. The fourth-order valence-electron chi connectivity index (χ4n) is 4.12. The lowest BCUT2D eigenvalue weighted by atomic mass is 10.1. The molecule has 164 valence electrons. The van der Waals surface area contributed by atoms with E-state index in [2.05, 4.69) is 17.6 Å². The smallest absolute Gasteiger partial charge is 0.343 e. The summed E-state index contributed by atoms with van der Waals surface area (Å²) in [7, 11) is 0. The molecule has 1 aliphatic heterocycles. The number of para-hydroxylation sites is 1. The van der Waals surface area contributed by atoms with Gasteiger partial charge in [0, 0.05) is 34.8 Å². The molecule has 0 saturated heterocycles. The summed E-state index contributed by atoms with van der Waals surface area (Å²) in [6, 6.07) is 18.6. The van der Waals surface area contributed by atoms with E-state index < -0.39 is 5.97 Å². The number of benzene rings is 3. The number of carbonyl (C=O) groups excluding carboxylic acids is 2. The van der Waals surface area contributed by atoms with Gasteiger partial charge in [0.2, 0.25) is 5.78 Å². The number of carbonyl (C=O) groups is 2. The molecule has 0 spiro atoms. The van der Waals surface area contributed by atoms with Crippen LogP contribution in [-0.2, 0) is 6.54 Å². The molecule has 0 bridgehead atoms. The summed E-state index contributed by atoms with van der Waals surface area (Å²) in [4.78, 5) is 25.6. The number of fused-ring (bicyclic) bond motifs is 2. The van der Waals surface area contributed by atoms with Crippen molar-refractivity contribution in [2.24, 2.45) is 0 Å². The summed E-state index contributed by atoms with van der Waals surface area (Å²) in [6.07, 6.45) is 3.81. The van der Waals surface area contributed by atoms with Crippen molar-refractivity contribution in [3.05, 3.63) is 100 Å². The molecule has 0 fully saturated rings. The maximum absolute atomic E-state index is 13.0. The largest absolute Gasteiger partial charge is 0.452 e. The average molecular weight is 437 g/mol. The number of allylic oxidation sites excluding steroid dienone is 1. The molecule has 1 aliphatic rings. The van der Waals surface area contributed by atoms with E-state index in [0.717, 1.165) is 28.6 Å². The Hall–Kier alpha value is -4.12. The number of rotatable bonds is 4. The molecule has 5 heteroatoms. The maximum atomic E-state index is 13.0. The second-order valence-electron chi connectivity index (χ2n) is 8.15. The molecule has 0 atom stereocenters. The minimum atomic E-state index is -0.453. The van der Waals surface area contributed by atoms with Crippen molar-refractivity contribution < 1.29 is 19.1 Å². The number of hydrogen-bond donors (Lipinski definition) is 0. The Labute approximate surface area is 191 Å². The van der Waals surface area contributed by atoms with Crippen LogP contribution in [0.25, 0.3) is 17.0 Å². The Morgan fingerprint density at radius 1 is 1.03 bits per heavy atom. The van der Waals surface area contributed by atoms with Gasteiger partial charge in [0.05, 0.1) is 11.1 Å². The van der Waals surface area contributed by atoms with Crippen molar-refractivity contribution in [3.63, 3.8) is 0 Å². The first-order valence-corrected chi connectivity index (χ1v) is 10.9. The molecule has 0 amide bonds. The van der Waals surface area contributed by atoms with E-state index in [1.54, 1.807) is 37.3 Å². The van der Waals surface area contributed by atoms with E-state index in [4.69, 9.17) is 9.47 Å². The lowest BCUT2D eigenvalue weighted by Crippen LogP contribution is -2.09. The van der Waals surface area contributed by atoms with E-state index in [9.17, 15) is 9.59 Å². The average Bonchev–Trinajstić information content (AvgIpc) is 3.34. The summed E-state index contributed by atoms with van der Waals surface area (Å²) in [6.45, 7) is 6.65. The second-order valence-corrected chi connectivity index (χ2v) is 8.15. The van der Waals surface area contributed by atoms with E-state index in [1.165, 1.54) is 0 Å². The molecular formula is C28H23NO4. The van der Waals surface area contributed by atoms with Crippen LogP contribution in [0.15, 0.2) is 72.6 Å². The van der Waals surface area contributed by atoms with Gasteiger partial charge in [0.25, 0.3) is 0 Å². The molecule has 0 aliphatic carbocycles. The minimum absolute atomic E-state index is 0.183. The summed E-state index contributed by atoms with van der Waals surface area (Å²) in [5.74, 6) is 0.424. The van der Waals surface area contributed by atoms with Gasteiger partial charge in [0.15, 0.2) is 5.76 Å². The van der Waals surface area contributed by atoms with Gasteiger partial charge < -0.3 is 14.0 Å². The van der Waals surface area contributed by atoms with Gasteiger partial charge in [0.1, 0.15) is 11.5 Å². The monoisotopic (exact) mass is 437 g/mol. The summed E-state index contributed by atoms with van der Waals surface area (Å²) >= 11 is 0. The number of Topliss-reactive ketones (excluding diaryl/α,β-unsaturated/α-hetero) is 1. The highest BCUT2D eigenvalue weighted by Crippen LogP contribution is 2.40. The van der Waals surface area contributed by atoms with Crippen LogP contribution in [0, 0.1) is 13.8 Å². The first kappa shape index (κ1) is 20.8. The van der Waals surface area contributed by atoms with Crippen LogP contribution in [0.1, 0.15) is 44.3 Å². The Morgan fingerprint density at radius 2 is 1.79 bits per heavy atom. The Morgan fingerprint density at radius 3 is 2.55 bits per heavy atom. The number of ether oxygens (including phenoxy) is 2. The van der Waals surface area contributed by atoms with Crippen LogP contribution in [0.2, 0.25) is 0 Å². The molecule has 5 nitrogen and oxygen atoms in total. The fraction of sp³-hybridized carbons (Fsp3) is 0.143. The first-order chi connectivity index (χ1) is 16.0. The number of esters is 1. The molecule has 0 N–H and O–H groups in total. The zero-order chi connectivity index (χ0) is 23.1. The van der Waals surface area contributed by atoms with Gasteiger partial charge in [-0.05, 0) is 57.2 Å². The number of nitrogens with zero attached hydrogens (tertiary/aromatic N) is 1. The van der Waals surface area contributed by atoms with E-state index in [0.29, 0.717) is 28.2 Å². The van der Waals surface area contributed by atoms with Crippen molar-refractivity contribution in [2.75, 3.05) is 0 Å². The van der Waals surface area contributed by atoms with E-state index in [-0.39, 0.29) is 11.5 Å². The van der Waals surface area contributed by atoms with E-state index >= 15 is 0 Å².